The molecule has 0 bridgehead atoms. The summed E-state index contributed by atoms with van der Waals surface area (Å²) in [6.45, 7) is 2.87. The molecule has 0 saturated heterocycles. The third-order valence-corrected chi connectivity index (χ3v) is 0.922. The molecule has 0 radical (unpaired) electrons. The Hall–Kier alpha value is -0.620. The topological polar surface area (TPSA) is 44.0 Å². The zero-order valence-corrected chi connectivity index (χ0v) is 4.85. The molecule has 0 spiro atoms. The van der Waals surface area contributed by atoms with Crippen molar-refractivity contribution in [3.05, 3.63) is 0 Å². The van der Waals surface area contributed by atoms with Crippen LogP contribution in [0, 0.1) is 17.2 Å². The van der Waals surface area contributed by atoms with Crippen LogP contribution in [0.2, 0.25) is 0 Å². The molecule has 0 fully saturated rings. The molecule has 0 aromatic heterocycles. The Bertz CT molecular complexity index is 114. The van der Waals surface area contributed by atoms with E-state index in [-0.39, 0.29) is 0 Å². The van der Waals surface area contributed by atoms with E-state index in [1.54, 1.807) is 0 Å². The van der Waals surface area contributed by atoms with Gasteiger partial charge in [-0.1, -0.05) is 13.8 Å². The smallest absolute Gasteiger partial charge is 0.296 e. The summed E-state index contributed by atoms with van der Waals surface area (Å²) >= 11 is 0. The van der Waals surface area contributed by atoms with Crippen molar-refractivity contribution in [3.8, 4) is 6.07 Å². The van der Waals surface area contributed by atoms with Gasteiger partial charge in [-0.15, -0.1) is 0 Å². The molecule has 0 aromatic carbocycles. The van der Waals surface area contributed by atoms with Crippen LogP contribution in [0.3, 0.4) is 0 Å². The molecule has 3 heteroatoms. The van der Waals surface area contributed by atoms with E-state index in [0.717, 1.165) is 6.07 Å². The lowest BCUT2D eigenvalue weighted by molar-refractivity contribution is -0.0720. The van der Waals surface area contributed by atoms with Crippen LogP contribution >= 0.6 is 0 Å². The van der Waals surface area contributed by atoms with Gasteiger partial charge in [-0.05, 0) is 0 Å². The second kappa shape index (κ2) is 2.10. The van der Waals surface area contributed by atoms with Gasteiger partial charge >= 0.3 is 0 Å². The van der Waals surface area contributed by atoms with E-state index in [1.165, 1.54) is 13.8 Å². The molecule has 1 unspecified atom stereocenters. The third kappa shape index (κ3) is 1.47. The van der Waals surface area contributed by atoms with Gasteiger partial charge in [0.1, 0.15) is 6.07 Å². The highest BCUT2D eigenvalue weighted by atomic mass is 19.2. The first-order valence-corrected chi connectivity index (χ1v) is 2.33. The first-order chi connectivity index (χ1) is 3.50. The summed E-state index contributed by atoms with van der Waals surface area (Å²) in [6, 6.07) is 1.13. The monoisotopic (exact) mass is 117 g/mol. The number of alkyl halides is 1. The predicted octanol–water partition coefficient (Wildman–Crippen LogP) is 0.824. The van der Waals surface area contributed by atoms with Crippen LogP contribution < -0.4 is 0 Å². The van der Waals surface area contributed by atoms with E-state index in [1.807, 2.05) is 0 Å². The van der Waals surface area contributed by atoms with E-state index in [2.05, 4.69) is 0 Å². The van der Waals surface area contributed by atoms with Gasteiger partial charge in [0.05, 0.1) is 0 Å². The highest BCUT2D eigenvalue weighted by molar-refractivity contribution is 4.92. The van der Waals surface area contributed by atoms with Crippen molar-refractivity contribution in [1.82, 2.24) is 0 Å². The Morgan fingerprint density at radius 1 is 1.75 bits per heavy atom. The highest BCUT2D eigenvalue weighted by Gasteiger charge is 2.29. The van der Waals surface area contributed by atoms with Crippen LogP contribution in [0.25, 0.3) is 0 Å². The summed E-state index contributed by atoms with van der Waals surface area (Å²) in [5.74, 6) is -3.31. The van der Waals surface area contributed by atoms with Gasteiger partial charge < -0.3 is 5.11 Å². The molecule has 1 N–H and O–H groups in total. The quantitative estimate of drug-likeness (QED) is 0.517. The number of hydrogen-bond acceptors (Lipinski definition) is 2. The van der Waals surface area contributed by atoms with Crippen LogP contribution in [-0.2, 0) is 0 Å². The molecular weight excluding hydrogens is 109 g/mol. The van der Waals surface area contributed by atoms with Gasteiger partial charge in [-0.2, -0.15) is 9.65 Å². The maximum atomic E-state index is 12.1. The molecule has 2 nitrogen and oxygen atoms in total. The summed E-state index contributed by atoms with van der Waals surface area (Å²) in [4.78, 5) is 0. The predicted molar refractivity (Wildman–Crippen MR) is 26.5 cm³/mol. The highest BCUT2D eigenvalue weighted by Crippen LogP contribution is 2.15. The molecule has 0 aliphatic carbocycles. The minimum atomic E-state index is -2.65. The van der Waals surface area contributed by atoms with E-state index < -0.39 is 11.8 Å². The van der Waals surface area contributed by atoms with E-state index in [9.17, 15) is 4.39 Å². The van der Waals surface area contributed by atoms with Crippen molar-refractivity contribution >= 4 is 0 Å². The fourth-order valence-electron chi connectivity index (χ4n) is 0.129. The SMILES string of the molecule is CC(C)C(O)(F)C#N. The number of nitriles is 1. The average Bonchev–Trinajstić information content (AvgIpc) is 1.67. The largest absolute Gasteiger partial charge is 0.350 e. The van der Waals surface area contributed by atoms with Crippen molar-refractivity contribution in [3.63, 3.8) is 0 Å². The Morgan fingerprint density at radius 2 is 2.12 bits per heavy atom. The Morgan fingerprint density at radius 3 is 2.12 bits per heavy atom. The standard InChI is InChI=1S/C5H8FNO/c1-4(2)5(6,8)3-7/h4,8H,1-2H3. The first-order valence-electron chi connectivity index (χ1n) is 2.33. The number of hydrogen-bond donors (Lipinski definition) is 1. The summed E-state index contributed by atoms with van der Waals surface area (Å²) in [6.07, 6.45) is 0. The zero-order chi connectivity index (χ0) is 6.78. The van der Waals surface area contributed by atoms with Crippen LogP contribution in [0.5, 0.6) is 0 Å². The maximum absolute atomic E-state index is 12.1. The molecule has 0 aliphatic rings. The minimum Gasteiger partial charge on any atom is -0.350 e. The summed E-state index contributed by atoms with van der Waals surface area (Å²) in [5, 5.41) is 16.3. The number of nitrogens with zero attached hydrogens (tertiary/aromatic N) is 1. The molecule has 0 aliphatic heterocycles. The fraction of sp³-hybridized carbons (Fsp3) is 0.800. The number of halogens is 1. The molecule has 8 heavy (non-hydrogen) atoms. The van der Waals surface area contributed by atoms with Gasteiger partial charge in [0.25, 0.3) is 5.85 Å². The summed E-state index contributed by atoms with van der Waals surface area (Å²) in [5.41, 5.74) is 0. The minimum absolute atomic E-state index is 0.660. The van der Waals surface area contributed by atoms with Gasteiger partial charge in [0, 0.05) is 5.92 Å². The molecule has 0 aromatic rings. The molecule has 0 saturated carbocycles. The molecule has 0 rings (SSSR count). The lowest BCUT2D eigenvalue weighted by Crippen LogP contribution is -2.26. The van der Waals surface area contributed by atoms with Gasteiger partial charge in [-0.25, -0.2) is 0 Å². The lowest BCUT2D eigenvalue weighted by Gasteiger charge is -2.12. The zero-order valence-electron chi connectivity index (χ0n) is 4.85. The second-order valence-corrected chi connectivity index (χ2v) is 1.94. The number of aliphatic hydroxyl groups is 1. The molecule has 1 atom stereocenters. The normalized spacial score (nSPS) is 17.5. The Balaban J connectivity index is 3.97. The van der Waals surface area contributed by atoms with Gasteiger partial charge in [0.15, 0.2) is 0 Å². The van der Waals surface area contributed by atoms with E-state index in [0.29, 0.717) is 0 Å². The van der Waals surface area contributed by atoms with Crippen molar-refractivity contribution in [1.29, 1.82) is 5.26 Å². The third-order valence-electron chi connectivity index (χ3n) is 0.922. The lowest BCUT2D eigenvalue weighted by atomic mass is 10.1. The fourth-order valence-corrected chi connectivity index (χ4v) is 0.129. The van der Waals surface area contributed by atoms with Crippen molar-refractivity contribution in [2.75, 3.05) is 0 Å². The Kier molecular flexibility index (Phi) is 1.94. The molecule has 0 amide bonds. The van der Waals surface area contributed by atoms with Crippen molar-refractivity contribution < 1.29 is 9.50 Å². The van der Waals surface area contributed by atoms with Gasteiger partial charge in [0.2, 0.25) is 0 Å². The van der Waals surface area contributed by atoms with E-state index >= 15 is 0 Å². The average molecular weight is 117 g/mol. The molecule has 0 heterocycles. The molecule has 46 valence electrons. The van der Waals surface area contributed by atoms with Crippen molar-refractivity contribution in [2.45, 2.75) is 19.7 Å². The second-order valence-electron chi connectivity index (χ2n) is 1.94. The summed E-state index contributed by atoms with van der Waals surface area (Å²) < 4.78 is 12.1. The van der Waals surface area contributed by atoms with Crippen molar-refractivity contribution in [2.24, 2.45) is 5.92 Å². The maximum Gasteiger partial charge on any atom is 0.296 e. The van der Waals surface area contributed by atoms with E-state index in [4.69, 9.17) is 10.4 Å². The van der Waals surface area contributed by atoms with Crippen LogP contribution in [-0.4, -0.2) is 11.0 Å². The van der Waals surface area contributed by atoms with Crippen LogP contribution in [0.15, 0.2) is 0 Å². The van der Waals surface area contributed by atoms with Crippen LogP contribution in [0.1, 0.15) is 13.8 Å². The summed E-state index contributed by atoms with van der Waals surface area (Å²) in [7, 11) is 0. The molecular formula is C5H8FNO. The van der Waals surface area contributed by atoms with Gasteiger partial charge in [-0.3, -0.25) is 0 Å². The van der Waals surface area contributed by atoms with Crippen LogP contribution in [0.4, 0.5) is 4.39 Å². The first kappa shape index (κ1) is 7.38. The number of rotatable bonds is 1. The Labute approximate surface area is 47.6 Å².